The molecule has 2 aliphatic rings. The van der Waals surface area contributed by atoms with Gasteiger partial charge in [-0.05, 0) is 55.9 Å². The van der Waals surface area contributed by atoms with E-state index in [1.807, 2.05) is 6.07 Å². The van der Waals surface area contributed by atoms with E-state index >= 15 is 0 Å². The van der Waals surface area contributed by atoms with Gasteiger partial charge < -0.3 is 15.2 Å². The van der Waals surface area contributed by atoms with E-state index in [2.05, 4.69) is 29.6 Å². The van der Waals surface area contributed by atoms with Crippen LogP contribution in [0.5, 0.6) is 0 Å². The molecule has 1 heterocycles. The van der Waals surface area contributed by atoms with Crippen LogP contribution in [0.25, 0.3) is 0 Å². The van der Waals surface area contributed by atoms with Crippen LogP contribution in [0, 0.1) is 11.3 Å². The molecule has 0 spiro atoms. The van der Waals surface area contributed by atoms with Gasteiger partial charge in [0.15, 0.2) is 5.41 Å². The summed E-state index contributed by atoms with van der Waals surface area (Å²) in [6.07, 6.45) is 4.92. The van der Waals surface area contributed by atoms with E-state index in [0.29, 0.717) is 31.6 Å². The Bertz CT molecular complexity index is 587. The first-order valence-corrected chi connectivity index (χ1v) is 9.26. The summed E-state index contributed by atoms with van der Waals surface area (Å²) in [5.74, 6) is -0.321. The van der Waals surface area contributed by atoms with Gasteiger partial charge in [-0.25, -0.2) is 0 Å². The molecule has 0 atom stereocenters. The van der Waals surface area contributed by atoms with E-state index in [-0.39, 0.29) is 18.7 Å². The van der Waals surface area contributed by atoms with Crippen molar-refractivity contribution in [2.45, 2.75) is 44.4 Å². The first kappa shape index (κ1) is 17.9. The molecule has 5 nitrogen and oxygen atoms in total. The normalized spacial score (nSPS) is 25.9. The number of hydrogen-bond donors (Lipinski definition) is 2. The SMILES string of the molecule is O=C(O)C1(C(=O)NCC2CCC(c3ccccc3)CC2)CCOCC1. The van der Waals surface area contributed by atoms with Crippen LogP contribution < -0.4 is 5.32 Å². The van der Waals surface area contributed by atoms with Crippen LogP contribution in [-0.2, 0) is 14.3 Å². The molecule has 0 unspecified atom stereocenters. The van der Waals surface area contributed by atoms with Crippen LogP contribution in [0.3, 0.4) is 0 Å². The Hall–Kier alpha value is -1.88. The summed E-state index contributed by atoms with van der Waals surface area (Å²) >= 11 is 0. The number of hydrogen-bond acceptors (Lipinski definition) is 3. The molecular weight excluding hydrogens is 318 g/mol. The number of nitrogens with one attached hydrogen (secondary N) is 1. The number of aliphatic carboxylic acids is 1. The summed E-state index contributed by atoms with van der Waals surface area (Å²) in [4.78, 5) is 24.2. The van der Waals surface area contributed by atoms with E-state index in [0.717, 1.165) is 25.7 Å². The molecule has 1 saturated heterocycles. The molecule has 2 fully saturated rings. The second-order valence-corrected chi connectivity index (χ2v) is 7.34. The maximum absolute atomic E-state index is 12.5. The van der Waals surface area contributed by atoms with Crippen molar-refractivity contribution in [2.24, 2.45) is 11.3 Å². The van der Waals surface area contributed by atoms with Gasteiger partial charge in [-0.2, -0.15) is 0 Å². The lowest BCUT2D eigenvalue weighted by Gasteiger charge is -2.33. The topological polar surface area (TPSA) is 75.6 Å². The quantitative estimate of drug-likeness (QED) is 0.805. The number of rotatable bonds is 5. The van der Waals surface area contributed by atoms with Gasteiger partial charge in [0.2, 0.25) is 5.91 Å². The van der Waals surface area contributed by atoms with Crippen molar-refractivity contribution in [3.8, 4) is 0 Å². The molecule has 136 valence electrons. The van der Waals surface area contributed by atoms with E-state index in [4.69, 9.17) is 4.74 Å². The lowest BCUT2D eigenvalue weighted by atomic mass is 9.77. The third-order valence-corrected chi connectivity index (χ3v) is 5.86. The Balaban J connectivity index is 1.49. The van der Waals surface area contributed by atoms with Crippen molar-refractivity contribution in [1.82, 2.24) is 5.32 Å². The Morgan fingerprint density at radius 2 is 1.72 bits per heavy atom. The van der Waals surface area contributed by atoms with Gasteiger partial charge in [0.1, 0.15) is 0 Å². The van der Waals surface area contributed by atoms with Crippen LogP contribution in [-0.4, -0.2) is 36.7 Å². The Morgan fingerprint density at radius 3 is 2.32 bits per heavy atom. The summed E-state index contributed by atoms with van der Waals surface area (Å²) in [6, 6.07) is 10.6. The van der Waals surface area contributed by atoms with Gasteiger partial charge in [-0.1, -0.05) is 30.3 Å². The van der Waals surface area contributed by atoms with Gasteiger partial charge in [0, 0.05) is 19.8 Å². The highest BCUT2D eigenvalue weighted by Crippen LogP contribution is 2.36. The smallest absolute Gasteiger partial charge is 0.319 e. The average molecular weight is 345 g/mol. The molecule has 1 amide bonds. The van der Waals surface area contributed by atoms with Gasteiger partial charge in [-0.15, -0.1) is 0 Å². The highest BCUT2D eigenvalue weighted by atomic mass is 16.5. The monoisotopic (exact) mass is 345 g/mol. The first-order valence-electron chi connectivity index (χ1n) is 9.26. The molecule has 25 heavy (non-hydrogen) atoms. The van der Waals surface area contributed by atoms with Gasteiger partial charge in [0.05, 0.1) is 0 Å². The van der Waals surface area contributed by atoms with Crippen LogP contribution in [0.1, 0.15) is 50.0 Å². The van der Waals surface area contributed by atoms with E-state index in [1.54, 1.807) is 0 Å². The zero-order valence-corrected chi connectivity index (χ0v) is 14.6. The van der Waals surface area contributed by atoms with Crippen molar-refractivity contribution in [2.75, 3.05) is 19.8 Å². The predicted octanol–water partition coefficient (Wildman–Crippen LogP) is 2.96. The molecule has 1 aliphatic carbocycles. The second-order valence-electron chi connectivity index (χ2n) is 7.34. The lowest BCUT2D eigenvalue weighted by Crippen LogP contribution is -2.50. The van der Waals surface area contributed by atoms with E-state index < -0.39 is 11.4 Å². The molecule has 0 aromatic heterocycles. The minimum Gasteiger partial charge on any atom is -0.480 e. The Labute approximate surface area is 148 Å². The van der Waals surface area contributed by atoms with E-state index in [9.17, 15) is 14.7 Å². The largest absolute Gasteiger partial charge is 0.480 e. The number of carboxylic acid groups (broad SMARTS) is 1. The first-order chi connectivity index (χ1) is 12.1. The maximum atomic E-state index is 12.5. The lowest BCUT2D eigenvalue weighted by molar-refractivity contribution is -0.162. The fourth-order valence-corrected chi connectivity index (χ4v) is 4.09. The van der Waals surface area contributed by atoms with E-state index in [1.165, 1.54) is 5.56 Å². The molecular formula is C20H27NO4. The summed E-state index contributed by atoms with van der Waals surface area (Å²) in [6.45, 7) is 1.25. The molecule has 2 N–H and O–H groups in total. The number of benzene rings is 1. The predicted molar refractivity (Wildman–Crippen MR) is 94.3 cm³/mol. The minimum absolute atomic E-state index is 0.259. The zero-order valence-electron chi connectivity index (χ0n) is 14.6. The summed E-state index contributed by atoms with van der Waals surface area (Å²) in [7, 11) is 0. The van der Waals surface area contributed by atoms with Crippen molar-refractivity contribution in [1.29, 1.82) is 0 Å². The van der Waals surface area contributed by atoms with Crippen LogP contribution >= 0.6 is 0 Å². The van der Waals surface area contributed by atoms with Crippen molar-refractivity contribution in [3.05, 3.63) is 35.9 Å². The molecule has 0 radical (unpaired) electrons. The van der Waals surface area contributed by atoms with Crippen molar-refractivity contribution in [3.63, 3.8) is 0 Å². The second kappa shape index (κ2) is 8.00. The highest BCUT2D eigenvalue weighted by Gasteiger charge is 2.47. The Morgan fingerprint density at radius 1 is 1.08 bits per heavy atom. The number of ether oxygens (including phenoxy) is 1. The molecule has 1 aromatic carbocycles. The fraction of sp³-hybridized carbons (Fsp3) is 0.600. The standard InChI is InChI=1S/C20H27NO4/c22-18(20(19(23)24)10-12-25-13-11-20)21-14-15-6-8-17(9-7-15)16-4-2-1-3-5-16/h1-5,15,17H,6-14H2,(H,21,22)(H,23,24). The average Bonchev–Trinajstić information content (AvgIpc) is 2.67. The van der Waals surface area contributed by atoms with Crippen LogP contribution in [0.2, 0.25) is 0 Å². The Kier molecular flexibility index (Phi) is 5.74. The zero-order chi connectivity index (χ0) is 17.7. The van der Waals surface area contributed by atoms with Gasteiger partial charge in [0.25, 0.3) is 0 Å². The van der Waals surface area contributed by atoms with Gasteiger partial charge >= 0.3 is 5.97 Å². The van der Waals surface area contributed by atoms with Crippen LogP contribution in [0.15, 0.2) is 30.3 Å². The number of carboxylic acids is 1. The highest BCUT2D eigenvalue weighted by molar-refractivity contribution is 6.02. The van der Waals surface area contributed by atoms with Crippen LogP contribution in [0.4, 0.5) is 0 Å². The van der Waals surface area contributed by atoms with Crippen molar-refractivity contribution >= 4 is 11.9 Å². The minimum atomic E-state index is -1.31. The fourth-order valence-electron chi connectivity index (χ4n) is 4.09. The third-order valence-electron chi connectivity index (χ3n) is 5.86. The molecule has 1 aliphatic heterocycles. The number of carbonyl (C=O) groups is 2. The number of amides is 1. The number of carbonyl (C=O) groups excluding carboxylic acids is 1. The third kappa shape index (κ3) is 4.03. The summed E-state index contributed by atoms with van der Waals surface area (Å²) in [5, 5.41) is 12.5. The van der Waals surface area contributed by atoms with Gasteiger partial charge in [-0.3, -0.25) is 9.59 Å². The molecule has 0 bridgehead atoms. The molecule has 1 saturated carbocycles. The summed E-state index contributed by atoms with van der Waals surface area (Å²) < 4.78 is 5.23. The van der Waals surface area contributed by atoms with Crippen molar-refractivity contribution < 1.29 is 19.4 Å². The summed E-state index contributed by atoms with van der Waals surface area (Å²) in [5.41, 5.74) is 0.0940. The maximum Gasteiger partial charge on any atom is 0.319 e. The molecule has 1 aromatic rings. The molecule has 5 heteroatoms. The molecule has 3 rings (SSSR count).